The van der Waals surface area contributed by atoms with Crippen molar-refractivity contribution in [3.63, 3.8) is 0 Å². The predicted octanol–water partition coefficient (Wildman–Crippen LogP) is 4.27. The molecule has 1 aromatic heterocycles. The molecule has 0 spiro atoms. The number of benzene rings is 2. The van der Waals surface area contributed by atoms with Gasteiger partial charge in [0, 0.05) is 19.3 Å². The SMILES string of the molecule is CNC(=O)N(c1ccc(F)cc1)c1ccnc(NC(C)c2ccccc2)n1. The highest BCUT2D eigenvalue weighted by molar-refractivity contribution is 5.98. The van der Waals surface area contributed by atoms with Crippen molar-refractivity contribution < 1.29 is 9.18 Å². The molecule has 27 heavy (non-hydrogen) atoms. The Kier molecular flexibility index (Phi) is 5.61. The molecule has 2 amide bonds. The van der Waals surface area contributed by atoms with Gasteiger partial charge < -0.3 is 10.6 Å². The molecule has 0 aliphatic rings. The van der Waals surface area contributed by atoms with Crippen LogP contribution in [0.1, 0.15) is 18.5 Å². The Hall–Kier alpha value is -3.48. The van der Waals surface area contributed by atoms with Crippen LogP contribution >= 0.6 is 0 Å². The van der Waals surface area contributed by atoms with E-state index < -0.39 is 0 Å². The summed E-state index contributed by atoms with van der Waals surface area (Å²) >= 11 is 0. The smallest absolute Gasteiger partial charge is 0.327 e. The number of urea groups is 1. The van der Waals surface area contributed by atoms with Gasteiger partial charge in [0.15, 0.2) is 0 Å². The van der Waals surface area contributed by atoms with Gasteiger partial charge in [-0.2, -0.15) is 4.98 Å². The highest BCUT2D eigenvalue weighted by atomic mass is 19.1. The van der Waals surface area contributed by atoms with E-state index in [1.54, 1.807) is 12.3 Å². The zero-order chi connectivity index (χ0) is 19.2. The molecule has 1 atom stereocenters. The summed E-state index contributed by atoms with van der Waals surface area (Å²) in [6.07, 6.45) is 1.57. The molecule has 3 aromatic rings. The molecule has 0 saturated heterocycles. The van der Waals surface area contributed by atoms with Gasteiger partial charge in [-0.05, 0) is 36.8 Å². The highest BCUT2D eigenvalue weighted by Crippen LogP contribution is 2.25. The molecule has 7 heteroatoms. The van der Waals surface area contributed by atoms with Gasteiger partial charge in [0.25, 0.3) is 0 Å². The number of anilines is 3. The molecule has 0 fully saturated rings. The van der Waals surface area contributed by atoms with E-state index in [9.17, 15) is 9.18 Å². The predicted molar refractivity (Wildman–Crippen MR) is 104 cm³/mol. The average molecular weight is 365 g/mol. The molecule has 0 bridgehead atoms. The van der Waals surface area contributed by atoms with Gasteiger partial charge in [-0.3, -0.25) is 0 Å². The van der Waals surface area contributed by atoms with Gasteiger partial charge in [-0.25, -0.2) is 19.1 Å². The summed E-state index contributed by atoms with van der Waals surface area (Å²) in [7, 11) is 1.52. The minimum atomic E-state index is -0.387. The first kappa shape index (κ1) is 18.3. The van der Waals surface area contributed by atoms with E-state index in [0.29, 0.717) is 17.5 Å². The monoisotopic (exact) mass is 365 g/mol. The van der Waals surface area contributed by atoms with Crippen LogP contribution in [-0.4, -0.2) is 23.0 Å². The van der Waals surface area contributed by atoms with Crippen molar-refractivity contribution in [2.24, 2.45) is 0 Å². The quantitative estimate of drug-likeness (QED) is 0.708. The van der Waals surface area contributed by atoms with Gasteiger partial charge in [0.05, 0.1) is 11.7 Å². The van der Waals surface area contributed by atoms with Crippen LogP contribution in [0.15, 0.2) is 66.9 Å². The summed E-state index contributed by atoms with van der Waals surface area (Å²) in [5.41, 5.74) is 1.59. The number of rotatable bonds is 5. The van der Waals surface area contributed by atoms with E-state index in [-0.39, 0.29) is 17.9 Å². The summed E-state index contributed by atoms with van der Waals surface area (Å²) in [6.45, 7) is 2.00. The Morgan fingerprint density at radius 1 is 1.07 bits per heavy atom. The van der Waals surface area contributed by atoms with Crippen molar-refractivity contribution in [1.82, 2.24) is 15.3 Å². The minimum Gasteiger partial charge on any atom is -0.348 e. The third kappa shape index (κ3) is 4.38. The standard InChI is InChI=1S/C20H20FN5O/c1-14(15-6-4-3-5-7-15)24-19-23-13-12-18(25-19)26(20(27)22-2)17-10-8-16(21)9-11-17/h3-14H,1-2H3,(H,22,27)(H,23,24,25). The van der Waals surface area contributed by atoms with Gasteiger partial charge in [0.2, 0.25) is 5.95 Å². The highest BCUT2D eigenvalue weighted by Gasteiger charge is 2.19. The van der Waals surface area contributed by atoms with E-state index in [2.05, 4.69) is 20.6 Å². The van der Waals surface area contributed by atoms with Crippen LogP contribution in [0.25, 0.3) is 0 Å². The summed E-state index contributed by atoms with van der Waals surface area (Å²) in [4.78, 5) is 22.4. The topological polar surface area (TPSA) is 70.2 Å². The number of hydrogen-bond donors (Lipinski definition) is 2. The summed E-state index contributed by atoms with van der Waals surface area (Å²) in [6, 6.07) is 16.8. The first-order valence-electron chi connectivity index (χ1n) is 8.50. The van der Waals surface area contributed by atoms with E-state index in [4.69, 9.17) is 0 Å². The van der Waals surface area contributed by atoms with Crippen LogP contribution in [0.4, 0.5) is 26.6 Å². The summed E-state index contributed by atoms with van der Waals surface area (Å²) in [5, 5.41) is 5.81. The van der Waals surface area contributed by atoms with Crippen LogP contribution in [-0.2, 0) is 0 Å². The van der Waals surface area contributed by atoms with Crippen LogP contribution < -0.4 is 15.5 Å². The molecule has 3 rings (SSSR count). The van der Waals surface area contributed by atoms with Crippen LogP contribution in [0, 0.1) is 5.82 Å². The largest absolute Gasteiger partial charge is 0.348 e. The molecule has 2 N–H and O–H groups in total. The van der Waals surface area contributed by atoms with Crippen LogP contribution in [0.3, 0.4) is 0 Å². The molecule has 138 valence electrons. The second kappa shape index (κ2) is 8.27. The third-order valence-electron chi connectivity index (χ3n) is 4.02. The number of carbonyl (C=O) groups is 1. The van der Waals surface area contributed by atoms with E-state index in [1.165, 1.54) is 36.2 Å². The maximum absolute atomic E-state index is 13.2. The zero-order valence-electron chi connectivity index (χ0n) is 15.1. The van der Waals surface area contributed by atoms with Crippen molar-refractivity contribution in [2.45, 2.75) is 13.0 Å². The Morgan fingerprint density at radius 3 is 2.44 bits per heavy atom. The van der Waals surface area contributed by atoms with Crippen molar-refractivity contribution in [3.05, 3.63) is 78.2 Å². The zero-order valence-corrected chi connectivity index (χ0v) is 15.1. The molecule has 0 radical (unpaired) electrons. The van der Waals surface area contributed by atoms with Gasteiger partial charge in [-0.15, -0.1) is 0 Å². The van der Waals surface area contributed by atoms with Crippen molar-refractivity contribution in [3.8, 4) is 0 Å². The Morgan fingerprint density at radius 2 is 1.78 bits per heavy atom. The van der Waals surface area contributed by atoms with Crippen LogP contribution in [0.2, 0.25) is 0 Å². The molecule has 0 saturated carbocycles. The minimum absolute atomic E-state index is 0.0132. The fourth-order valence-corrected chi connectivity index (χ4v) is 2.62. The number of nitrogens with one attached hydrogen (secondary N) is 2. The Balaban J connectivity index is 1.89. The molecule has 0 aliphatic carbocycles. The second-order valence-electron chi connectivity index (χ2n) is 5.88. The van der Waals surface area contributed by atoms with Gasteiger partial charge in [0.1, 0.15) is 11.6 Å². The molecule has 1 unspecified atom stereocenters. The maximum atomic E-state index is 13.2. The number of hydrogen-bond acceptors (Lipinski definition) is 4. The van der Waals surface area contributed by atoms with E-state index in [0.717, 1.165) is 5.56 Å². The molecule has 0 aliphatic heterocycles. The van der Waals surface area contributed by atoms with E-state index in [1.807, 2.05) is 37.3 Å². The van der Waals surface area contributed by atoms with Gasteiger partial charge >= 0.3 is 6.03 Å². The number of halogens is 1. The molecule has 2 aromatic carbocycles. The number of amides is 2. The van der Waals surface area contributed by atoms with Crippen molar-refractivity contribution in [1.29, 1.82) is 0 Å². The average Bonchev–Trinajstić information content (AvgIpc) is 2.70. The molecule has 6 nitrogen and oxygen atoms in total. The van der Waals surface area contributed by atoms with Gasteiger partial charge in [-0.1, -0.05) is 30.3 Å². The molecular weight excluding hydrogens is 345 g/mol. The lowest BCUT2D eigenvalue weighted by atomic mass is 10.1. The number of nitrogens with zero attached hydrogens (tertiary/aromatic N) is 3. The Bertz CT molecular complexity index is 902. The van der Waals surface area contributed by atoms with E-state index >= 15 is 0 Å². The normalized spacial score (nSPS) is 11.5. The van der Waals surface area contributed by atoms with Crippen molar-refractivity contribution in [2.75, 3.05) is 17.3 Å². The fraction of sp³-hybridized carbons (Fsp3) is 0.150. The second-order valence-corrected chi connectivity index (χ2v) is 5.88. The fourth-order valence-electron chi connectivity index (χ4n) is 2.62. The maximum Gasteiger partial charge on any atom is 0.327 e. The van der Waals surface area contributed by atoms with Crippen molar-refractivity contribution >= 4 is 23.5 Å². The first-order chi connectivity index (χ1) is 13.1. The summed E-state index contributed by atoms with van der Waals surface area (Å²) in [5.74, 6) is 0.385. The lowest BCUT2D eigenvalue weighted by Crippen LogP contribution is -2.35. The third-order valence-corrected chi connectivity index (χ3v) is 4.02. The van der Waals surface area contributed by atoms with Crippen LogP contribution in [0.5, 0.6) is 0 Å². The summed E-state index contributed by atoms with van der Waals surface area (Å²) < 4.78 is 13.2. The molecule has 1 heterocycles. The number of carbonyl (C=O) groups excluding carboxylic acids is 1. The molecular formula is C20H20FN5O. The lowest BCUT2D eigenvalue weighted by molar-refractivity contribution is 0.250. The lowest BCUT2D eigenvalue weighted by Gasteiger charge is -2.22. The number of aromatic nitrogens is 2. The Labute approximate surface area is 157 Å². The first-order valence-corrected chi connectivity index (χ1v) is 8.50.